The van der Waals surface area contributed by atoms with Gasteiger partial charge in [-0.15, -0.1) is 0 Å². The first-order chi connectivity index (χ1) is 8.77. The maximum atomic E-state index is 10.6. The average molecular weight is 289 g/mol. The van der Waals surface area contributed by atoms with Crippen molar-refractivity contribution < 1.29 is 22.2 Å². The van der Waals surface area contributed by atoms with Crippen LogP contribution in [0.2, 0.25) is 0 Å². The summed E-state index contributed by atoms with van der Waals surface area (Å²) in [5.41, 5.74) is 0. The van der Waals surface area contributed by atoms with E-state index in [2.05, 4.69) is 11.8 Å². The topological polar surface area (TPSA) is 87.4 Å². The minimum atomic E-state index is -3.88. The lowest BCUT2D eigenvalue weighted by atomic mass is 10.3. The fourth-order valence-corrected chi connectivity index (χ4v) is 1.81. The van der Waals surface area contributed by atoms with Crippen LogP contribution >= 0.6 is 0 Å². The molecule has 0 fully saturated rings. The van der Waals surface area contributed by atoms with Crippen LogP contribution in [0, 0.1) is 23.2 Å². The molecular formula is C12H21N2O4S+. The Kier molecular flexibility index (Phi) is 8.37. The van der Waals surface area contributed by atoms with Gasteiger partial charge in [0.05, 0.1) is 45.5 Å². The number of rotatable bonds is 8. The molecule has 0 atom stereocenters. The molecule has 0 aromatic rings. The number of ether oxygens (including phenoxy) is 1. The molecule has 0 aliphatic rings. The van der Waals surface area contributed by atoms with Crippen LogP contribution in [0.15, 0.2) is 0 Å². The van der Waals surface area contributed by atoms with Gasteiger partial charge in [-0.3, -0.25) is 4.55 Å². The van der Waals surface area contributed by atoms with Crippen LogP contribution in [0.4, 0.5) is 0 Å². The Bertz CT molecular complexity index is 454. The highest BCUT2D eigenvalue weighted by Gasteiger charge is 2.14. The molecule has 0 heterocycles. The van der Waals surface area contributed by atoms with E-state index in [1.54, 1.807) is 0 Å². The van der Waals surface area contributed by atoms with Gasteiger partial charge < -0.3 is 9.22 Å². The average Bonchev–Trinajstić information content (AvgIpc) is 2.25. The Hall–Kier alpha value is -1.12. The van der Waals surface area contributed by atoms with Crippen LogP contribution in [0.3, 0.4) is 0 Å². The second kappa shape index (κ2) is 8.89. The van der Waals surface area contributed by atoms with E-state index in [0.29, 0.717) is 43.6 Å². The van der Waals surface area contributed by atoms with Crippen LogP contribution in [0.1, 0.15) is 12.8 Å². The molecule has 0 unspecified atom stereocenters. The van der Waals surface area contributed by atoms with Gasteiger partial charge in [-0.05, 0) is 5.92 Å². The van der Waals surface area contributed by atoms with Crippen molar-refractivity contribution in [2.75, 3.05) is 46.2 Å². The van der Waals surface area contributed by atoms with Gasteiger partial charge >= 0.3 is 0 Å². The van der Waals surface area contributed by atoms with Gasteiger partial charge in [0.1, 0.15) is 13.2 Å². The second-order valence-electron chi connectivity index (χ2n) is 4.77. The normalized spacial score (nSPS) is 11.5. The maximum Gasteiger partial charge on any atom is 0.265 e. The largest absolute Gasteiger partial charge is 0.368 e. The molecule has 0 aliphatic heterocycles. The Balaban J connectivity index is 3.84. The summed E-state index contributed by atoms with van der Waals surface area (Å²) in [5.74, 6) is 5.57. The number of nitriles is 1. The van der Waals surface area contributed by atoms with Crippen molar-refractivity contribution in [3.8, 4) is 17.9 Å². The minimum Gasteiger partial charge on any atom is -0.368 e. The Morgan fingerprint density at radius 3 is 2.58 bits per heavy atom. The van der Waals surface area contributed by atoms with Gasteiger partial charge in [0.25, 0.3) is 10.1 Å². The zero-order valence-electron chi connectivity index (χ0n) is 11.4. The summed E-state index contributed by atoms with van der Waals surface area (Å²) in [5, 5.41) is 8.29. The summed E-state index contributed by atoms with van der Waals surface area (Å²) in [4.78, 5) is 0. The minimum absolute atomic E-state index is 0.223. The van der Waals surface area contributed by atoms with Crippen molar-refractivity contribution in [1.82, 2.24) is 0 Å². The van der Waals surface area contributed by atoms with Gasteiger partial charge in [-0.25, -0.2) is 0 Å². The highest BCUT2D eigenvalue weighted by atomic mass is 32.2. The summed E-state index contributed by atoms with van der Waals surface area (Å²) < 4.78 is 35.5. The molecule has 0 bridgehead atoms. The predicted molar refractivity (Wildman–Crippen MR) is 71.7 cm³/mol. The van der Waals surface area contributed by atoms with E-state index in [0.717, 1.165) is 0 Å². The van der Waals surface area contributed by atoms with Crippen molar-refractivity contribution in [3.05, 3.63) is 0 Å². The molecular weight excluding hydrogens is 268 g/mol. The molecule has 0 amide bonds. The molecule has 7 heteroatoms. The van der Waals surface area contributed by atoms with Gasteiger partial charge in [-0.2, -0.15) is 13.7 Å². The molecule has 108 valence electrons. The third-order valence-electron chi connectivity index (χ3n) is 2.33. The lowest BCUT2D eigenvalue weighted by Gasteiger charge is -2.27. The van der Waals surface area contributed by atoms with Crippen molar-refractivity contribution >= 4 is 10.1 Å². The van der Waals surface area contributed by atoms with Crippen molar-refractivity contribution in [2.24, 2.45) is 0 Å². The zero-order chi connectivity index (χ0) is 14.8. The highest BCUT2D eigenvalue weighted by Crippen LogP contribution is 2.00. The smallest absolute Gasteiger partial charge is 0.265 e. The monoisotopic (exact) mass is 289 g/mol. The molecule has 0 radical (unpaired) electrons. The molecule has 6 nitrogen and oxygen atoms in total. The number of hydrogen-bond acceptors (Lipinski definition) is 4. The van der Waals surface area contributed by atoms with E-state index < -0.39 is 10.1 Å². The van der Waals surface area contributed by atoms with Gasteiger partial charge in [0.15, 0.2) is 0 Å². The molecule has 0 aromatic carbocycles. The Morgan fingerprint density at radius 1 is 1.32 bits per heavy atom. The molecule has 0 saturated carbocycles. The molecule has 0 rings (SSSR count). The molecule has 19 heavy (non-hydrogen) atoms. The summed E-state index contributed by atoms with van der Waals surface area (Å²) >= 11 is 0. The quantitative estimate of drug-likeness (QED) is 0.300. The fourth-order valence-electron chi connectivity index (χ4n) is 1.32. The van der Waals surface area contributed by atoms with E-state index in [-0.39, 0.29) is 5.75 Å². The Labute approximate surface area is 115 Å². The highest BCUT2D eigenvalue weighted by molar-refractivity contribution is 7.85. The van der Waals surface area contributed by atoms with E-state index in [9.17, 15) is 8.42 Å². The third-order valence-corrected chi connectivity index (χ3v) is 3.13. The first kappa shape index (κ1) is 17.9. The number of hydrogen-bond donors (Lipinski definition) is 1. The summed E-state index contributed by atoms with van der Waals surface area (Å²) in [7, 11) is 0.00246. The standard InChI is InChI=1S/C12H20N2O4S/c1-14(2,9-6-12-19(15,16)17)8-3-4-10-18-11-5-7-13/h5-6,8-12H2,1-2H3/p+1. The first-order valence-corrected chi connectivity index (χ1v) is 7.55. The van der Waals surface area contributed by atoms with Crippen LogP contribution in [0.5, 0.6) is 0 Å². The van der Waals surface area contributed by atoms with E-state index >= 15 is 0 Å². The van der Waals surface area contributed by atoms with Gasteiger partial charge in [0.2, 0.25) is 0 Å². The molecule has 0 aliphatic carbocycles. The summed E-state index contributed by atoms with van der Waals surface area (Å²) in [6, 6.07) is 1.97. The second-order valence-corrected chi connectivity index (χ2v) is 6.34. The zero-order valence-corrected chi connectivity index (χ0v) is 12.2. The molecule has 0 saturated heterocycles. The van der Waals surface area contributed by atoms with Gasteiger partial charge in [0, 0.05) is 6.42 Å². The number of nitrogens with zero attached hydrogens (tertiary/aromatic N) is 2. The van der Waals surface area contributed by atoms with Crippen molar-refractivity contribution in [2.45, 2.75) is 12.8 Å². The summed E-state index contributed by atoms with van der Waals surface area (Å²) in [6.45, 7) is 1.88. The Morgan fingerprint density at radius 2 is 2.00 bits per heavy atom. The SMILES string of the molecule is C[N+](C)(CC#CCOCCC#N)CCCS(=O)(=O)O. The third kappa shape index (κ3) is 13.1. The van der Waals surface area contributed by atoms with Crippen LogP contribution in [-0.4, -0.2) is 63.6 Å². The molecule has 1 N–H and O–H groups in total. The number of quaternary nitrogens is 1. The van der Waals surface area contributed by atoms with Gasteiger partial charge in [-0.1, -0.05) is 5.92 Å². The van der Waals surface area contributed by atoms with Crippen LogP contribution in [0.25, 0.3) is 0 Å². The molecule has 0 aromatic heterocycles. The maximum absolute atomic E-state index is 10.6. The lowest BCUT2D eigenvalue weighted by molar-refractivity contribution is -0.883. The molecule has 0 spiro atoms. The lowest BCUT2D eigenvalue weighted by Crippen LogP contribution is -2.41. The summed E-state index contributed by atoms with van der Waals surface area (Å²) in [6.07, 6.45) is 0.755. The van der Waals surface area contributed by atoms with Crippen LogP contribution < -0.4 is 0 Å². The van der Waals surface area contributed by atoms with Crippen LogP contribution in [-0.2, 0) is 14.9 Å². The predicted octanol–water partition coefficient (Wildman–Crippen LogP) is 0.274. The van der Waals surface area contributed by atoms with E-state index in [4.69, 9.17) is 14.6 Å². The van der Waals surface area contributed by atoms with Crippen molar-refractivity contribution in [3.63, 3.8) is 0 Å². The van der Waals surface area contributed by atoms with E-state index in [1.807, 2.05) is 20.2 Å². The fraction of sp³-hybridized carbons (Fsp3) is 0.750. The van der Waals surface area contributed by atoms with E-state index in [1.165, 1.54) is 0 Å². The first-order valence-electron chi connectivity index (χ1n) is 5.94. The van der Waals surface area contributed by atoms with Crippen molar-refractivity contribution in [1.29, 1.82) is 5.26 Å².